The molecule has 0 atom stereocenters. The summed E-state index contributed by atoms with van der Waals surface area (Å²) in [5.41, 5.74) is 1.41. The lowest BCUT2D eigenvalue weighted by atomic mass is 10.1. The van der Waals surface area contributed by atoms with E-state index in [9.17, 15) is 4.79 Å². The number of H-pyrrole nitrogens is 1. The summed E-state index contributed by atoms with van der Waals surface area (Å²) in [5, 5.41) is 11.3. The molecule has 0 fully saturated rings. The van der Waals surface area contributed by atoms with Gasteiger partial charge in [-0.3, -0.25) is 0 Å². The van der Waals surface area contributed by atoms with Gasteiger partial charge in [0, 0.05) is 11.4 Å². The molecule has 3 rings (SSSR count). The Balaban J connectivity index is 1.90. The van der Waals surface area contributed by atoms with Gasteiger partial charge in [-0.1, -0.05) is 60.1 Å². The summed E-state index contributed by atoms with van der Waals surface area (Å²) >= 11 is 6.14. The van der Waals surface area contributed by atoms with Gasteiger partial charge < -0.3 is 0 Å². The zero-order valence-electron chi connectivity index (χ0n) is 11.6. The standard InChI is InChI=1S/C16H13ClN4O/c17-14-9-5-4-8-13(14)10-15-19-20-16(22)21(15)18-11-12-6-2-1-3-7-12/h1-9,11H,10H2,(H,20,22). The fourth-order valence-corrected chi connectivity index (χ4v) is 2.24. The normalized spacial score (nSPS) is 11.1. The second-order valence-corrected chi connectivity index (χ2v) is 5.09. The number of halogens is 1. The van der Waals surface area contributed by atoms with Crippen LogP contribution >= 0.6 is 11.6 Å². The summed E-state index contributed by atoms with van der Waals surface area (Å²) in [6, 6.07) is 17.0. The number of hydrogen-bond donors (Lipinski definition) is 1. The Morgan fingerprint density at radius 3 is 2.64 bits per heavy atom. The topological polar surface area (TPSA) is 63.0 Å². The highest BCUT2D eigenvalue weighted by Crippen LogP contribution is 2.17. The molecule has 0 saturated heterocycles. The molecule has 0 aliphatic heterocycles. The van der Waals surface area contributed by atoms with Gasteiger partial charge in [-0.15, -0.1) is 0 Å². The lowest BCUT2D eigenvalue weighted by Crippen LogP contribution is -2.15. The monoisotopic (exact) mass is 312 g/mol. The summed E-state index contributed by atoms with van der Waals surface area (Å²) in [6.45, 7) is 0. The molecule has 6 heteroatoms. The van der Waals surface area contributed by atoms with E-state index < -0.39 is 0 Å². The minimum Gasteiger partial charge on any atom is -0.244 e. The second kappa shape index (κ2) is 6.41. The summed E-state index contributed by atoms with van der Waals surface area (Å²) in [5.74, 6) is 0.505. The Bertz CT molecular complexity index is 852. The number of benzene rings is 2. The Morgan fingerprint density at radius 1 is 1.14 bits per heavy atom. The van der Waals surface area contributed by atoms with Gasteiger partial charge in [-0.2, -0.15) is 14.9 Å². The highest BCUT2D eigenvalue weighted by Gasteiger charge is 2.09. The van der Waals surface area contributed by atoms with Gasteiger partial charge in [0.05, 0.1) is 6.21 Å². The van der Waals surface area contributed by atoms with Gasteiger partial charge in [0.15, 0.2) is 5.82 Å². The van der Waals surface area contributed by atoms with Crippen molar-refractivity contribution in [2.75, 3.05) is 0 Å². The predicted octanol–water partition coefficient (Wildman–Crippen LogP) is 2.70. The summed E-state index contributed by atoms with van der Waals surface area (Å²) in [4.78, 5) is 11.8. The van der Waals surface area contributed by atoms with Gasteiger partial charge in [0.2, 0.25) is 0 Å². The fourth-order valence-electron chi connectivity index (χ4n) is 2.03. The van der Waals surface area contributed by atoms with Crippen molar-refractivity contribution in [2.24, 2.45) is 5.10 Å². The van der Waals surface area contributed by atoms with Crippen LogP contribution in [0.15, 0.2) is 64.5 Å². The van der Waals surface area contributed by atoms with Gasteiger partial charge in [-0.05, 0) is 17.2 Å². The third kappa shape index (κ3) is 3.15. The average molecular weight is 313 g/mol. The molecule has 1 heterocycles. The van der Waals surface area contributed by atoms with Crippen LogP contribution in [-0.2, 0) is 6.42 Å². The zero-order chi connectivity index (χ0) is 15.4. The highest BCUT2D eigenvalue weighted by atomic mass is 35.5. The Morgan fingerprint density at radius 2 is 1.86 bits per heavy atom. The number of nitrogens with one attached hydrogen (secondary N) is 1. The first-order valence-electron chi connectivity index (χ1n) is 6.73. The predicted molar refractivity (Wildman–Crippen MR) is 86.5 cm³/mol. The van der Waals surface area contributed by atoms with E-state index in [1.807, 2.05) is 48.5 Å². The molecule has 2 aromatic carbocycles. The molecule has 0 amide bonds. The van der Waals surface area contributed by atoms with Crippen LogP contribution in [0, 0.1) is 0 Å². The minimum atomic E-state index is -0.380. The van der Waals surface area contributed by atoms with E-state index >= 15 is 0 Å². The third-order valence-electron chi connectivity index (χ3n) is 3.15. The van der Waals surface area contributed by atoms with Crippen molar-refractivity contribution in [1.82, 2.24) is 14.9 Å². The van der Waals surface area contributed by atoms with Crippen LogP contribution in [0.1, 0.15) is 17.0 Å². The van der Waals surface area contributed by atoms with Crippen LogP contribution in [0.4, 0.5) is 0 Å². The van der Waals surface area contributed by atoms with Crippen molar-refractivity contribution in [3.05, 3.63) is 87.1 Å². The fraction of sp³-hybridized carbons (Fsp3) is 0.0625. The zero-order valence-corrected chi connectivity index (χ0v) is 12.4. The average Bonchev–Trinajstić information content (AvgIpc) is 2.89. The lowest BCUT2D eigenvalue weighted by Gasteiger charge is -2.02. The van der Waals surface area contributed by atoms with E-state index in [0.717, 1.165) is 11.1 Å². The van der Waals surface area contributed by atoms with Crippen LogP contribution in [0.2, 0.25) is 5.02 Å². The SMILES string of the molecule is O=c1[nH]nc(Cc2ccccc2Cl)n1N=Cc1ccccc1. The molecule has 0 aliphatic carbocycles. The third-order valence-corrected chi connectivity index (χ3v) is 3.51. The van der Waals surface area contributed by atoms with Crippen LogP contribution in [0.5, 0.6) is 0 Å². The van der Waals surface area contributed by atoms with Crippen molar-refractivity contribution < 1.29 is 0 Å². The molecular formula is C16H13ClN4O. The van der Waals surface area contributed by atoms with Gasteiger partial charge in [0.25, 0.3) is 0 Å². The summed E-state index contributed by atoms with van der Waals surface area (Å²) in [7, 11) is 0. The van der Waals surface area contributed by atoms with Crippen molar-refractivity contribution in [3.8, 4) is 0 Å². The van der Waals surface area contributed by atoms with Crippen LogP contribution in [-0.4, -0.2) is 21.1 Å². The first kappa shape index (κ1) is 14.3. The molecule has 1 N–H and O–H groups in total. The van der Waals surface area contributed by atoms with Crippen molar-refractivity contribution in [1.29, 1.82) is 0 Å². The van der Waals surface area contributed by atoms with Crippen LogP contribution in [0.3, 0.4) is 0 Å². The number of hydrogen-bond acceptors (Lipinski definition) is 3. The van der Waals surface area contributed by atoms with Crippen LogP contribution < -0.4 is 5.69 Å². The van der Waals surface area contributed by atoms with E-state index in [2.05, 4.69) is 15.3 Å². The molecule has 0 spiro atoms. The largest absolute Gasteiger partial charge is 0.364 e. The molecule has 0 radical (unpaired) electrons. The molecule has 1 aromatic heterocycles. The molecule has 0 saturated carbocycles. The van der Waals surface area contributed by atoms with Crippen molar-refractivity contribution in [3.63, 3.8) is 0 Å². The quantitative estimate of drug-likeness (QED) is 0.753. The molecular weight excluding hydrogens is 300 g/mol. The smallest absolute Gasteiger partial charge is 0.244 e. The van der Waals surface area contributed by atoms with E-state index in [1.54, 1.807) is 12.3 Å². The molecule has 110 valence electrons. The Kier molecular flexibility index (Phi) is 4.16. The number of aromatic amines is 1. The van der Waals surface area contributed by atoms with Crippen molar-refractivity contribution >= 4 is 17.8 Å². The van der Waals surface area contributed by atoms with Gasteiger partial charge in [0.1, 0.15) is 0 Å². The maximum absolute atomic E-state index is 11.8. The molecule has 3 aromatic rings. The second-order valence-electron chi connectivity index (χ2n) is 4.68. The summed E-state index contributed by atoms with van der Waals surface area (Å²) < 4.78 is 1.25. The summed E-state index contributed by atoms with van der Waals surface area (Å²) in [6.07, 6.45) is 2.04. The number of aromatic nitrogens is 3. The first-order valence-corrected chi connectivity index (χ1v) is 7.11. The Labute approximate surface area is 131 Å². The molecule has 5 nitrogen and oxygen atoms in total. The Hall–Kier alpha value is -2.66. The molecule has 0 aliphatic rings. The number of rotatable bonds is 4. The lowest BCUT2D eigenvalue weighted by molar-refractivity contribution is 0.775. The van der Waals surface area contributed by atoms with Crippen LogP contribution in [0.25, 0.3) is 0 Å². The van der Waals surface area contributed by atoms with E-state index in [-0.39, 0.29) is 5.69 Å². The van der Waals surface area contributed by atoms with E-state index in [4.69, 9.17) is 11.6 Å². The molecule has 0 unspecified atom stereocenters. The molecule has 22 heavy (non-hydrogen) atoms. The van der Waals surface area contributed by atoms with E-state index in [1.165, 1.54) is 4.68 Å². The maximum atomic E-state index is 11.8. The minimum absolute atomic E-state index is 0.380. The van der Waals surface area contributed by atoms with E-state index in [0.29, 0.717) is 17.3 Å². The van der Waals surface area contributed by atoms with Crippen molar-refractivity contribution in [2.45, 2.75) is 6.42 Å². The first-order chi connectivity index (χ1) is 10.7. The van der Waals surface area contributed by atoms with Gasteiger partial charge >= 0.3 is 5.69 Å². The van der Waals surface area contributed by atoms with Gasteiger partial charge in [-0.25, -0.2) is 9.89 Å². The molecule has 0 bridgehead atoms. The number of nitrogens with zero attached hydrogens (tertiary/aromatic N) is 3. The maximum Gasteiger partial charge on any atom is 0.364 e. The highest BCUT2D eigenvalue weighted by molar-refractivity contribution is 6.31.